The van der Waals surface area contributed by atoms with Crippen LogP contribution in [0.4, 0.5) is 15.8 Å². The van der Waals surface area contributed by atoms with Gasteiger partial charge in [-0.15, -0.1) is 13.2 Å². The topological polar surface area (TPSA) is 69.2 Å². The van der Waals surface area contributed by atoms with Crippen LogP contribution < -0.4 is 5.73 Å². The number of rotatable bonds is 1. The molecule has 0 atom stereocenters. The Morgan fingerprint density at radius 2 is 2.00 bits per heavy atom. The van der Waals surface area contributed by atoms with Gasteiger partial charge >= 0.3 is 5.69 Å². The van der Waals surface area contributed by atoms with Crippen LogP contribution in [0.2, 0.25) is 0 Å². The molecular formula is C8H9FN2O2. The summed E-state index contributed by atoms with van der Waals surface area (Å²) < 4.78 is 12.5. The standard InChI is InChI=1S/C6H5FN2O2.C2H4/c7-5-2-1-4(8)3-6(5)9(10)11;1-2/h1-3H,8H2;1-2H2. The zero-order valence-electron chi connectivity index (χ0n) is 6.87. The van der Waals surface area contributed by atoms with E-state index in [0.717, 1.165) is 12.1 Å². The SMILES string of the molecule is C=C.Nc1ccc(F)c([N+](=O)[O-])c1. The van der Waals surface area contributed by atoms with Gasteiger partial charge < -0.3 is 5.73 Å². The minimum absolute atomic E-state index is 0.179. The number of nitrogens with two attached hydrogens (primary N) is 1. The van der Waals surface area contributed by atoms with Crippen LogP contribution in [0.5, 0.6) is 0 Å². The lowest BCUT2D eigenvalue weighted by Crippen LogP contribution is -1.94. The highest BCUT2D eigenvalue weighted by Gasteiger charge is 2.12. The van der Waals surface area contributed by atoms with E-state index < -0.39 is 16.4 Å². The van der Waals surface area contributed by atoms with Gasteiger partial charge in [0.25, 0.3) is 0 Å². The molecule has 0 amide bonds. The summed E-state index contributed by atoms with van der Waals surface area (Å²) in [4.78, 5) is 9.27. The largest absolute Gasteiger partial charge is 0.399 e. The van der Waals surface area contributed by atoms with Crippen molar-refractivity contribution < 1.29 is 9.31 Å². The highest BCUT2D eigenvalue weighted by molar-refractivity contribution is 5.47. The van der Waals surface area contributed by atoms with Crippen LogP contribution >= 0.6 is 0 Å². The number of hydrogen-bond donors (Lipinski definition) is 1. The second kappa shape index (κ2) is 4.87. The smallest absolute Gasteiger partial charge is 0.306 e. The monoisotopic (exact) mass is 184 g/mol. The van der Waals surface area contributed by atoms with Gasteiger partial charge in [0.15, 0.2) is 0 Å². The van der Waals surface area contributed by atoms with E-state index >= 15 is 0 Å². The molecule has 70 valence electrons. The summed E-state index contributed by atoms with van der Waals surface area (Å²) in [6, 6.07) is 3.21. The van der Waals surface area contributed by atoms with Gasteiger partial charge in [0, 0.05) is 11.8 Å². The first kappa shape index (κ1) is 11.1. The van der Waals surface area contributed by atoms with Crippen molar-refractivity contribution in [3.8, 4) is 0 Å². The fourth-order valence-corrected chi connectivity index (χ4v) is 0.670. The summed E-state index contributed by atoms with van der Waals surface area (Å²) >= 11 is 0. The molecule has 0 bridgehead atoms. The Balaban J connectivity index is 0.000000671. The Morgan fingerprint density at radius 1 is 1.46 bits per heavy atom. The number of anilines is 1. The van der Waals surface area contributed by atoms with E-state index in [1.165, 1.54) is 6.07 Å². The van der Waals surface area contributed by atoms with Crippen molar-refractivity contribution in [3.63, 3.8) is 0 Å². The van der Waals surface area contributed by atoms with Crippen molar-refractivity contribution in [1.29, 1.82) is 0 Å². The van der Waals surface area contributed by atoms with Crippen LogP contribution in [0, 0.1) is 15.9 Å². The van der Waals surface area contributed by atoms with Crippen molar-refractivity contribution in [3.05, 3.63) is 47.3 Å². The van der Waals surface area contributed by atoms with Gasteiger partial charge in [0.1, 0.15) is 0 Å². The molecule has 0 aliphatic heterocycles. The van der Waals surface area contributed by atoms with Crippen molar-refractivity contribution in [2.24, 2.45) is 0 Å². The fraction of sp³-hybridized carbons (Fsp3) is 0. The predicted octanol–water partition coefficient (Wildman–Crippen LogP) is 2.12. The molecule has 0 aliphatic carbocycles. The Hall–Kier alpha value is -1.91. The molecule has 0 unspecified atom stereocenters. The number of nitrogens with zero attached hydrogens (tertiary/aromatic N) is 1. The van der Waals surface area contributed by atoms with Gasteiger partial charge in [-0.2, -0.15) is 4.39 Å². The summed E-state index contributed by atoms with van der Waals surface area (Å²) in [5.41, 5.74) is 4.78. The van der Waals surface area contributed by atoms with Gasteiger partial charge in [-0.25, -0.2) is 0 Å². The summed E-state index contributed by atoms with van der Waals surface area (Å²) in [5, 5.41) is 10.1. The molecule has 0 heterocycles. The fourth-order valence-electron chi connectivity index (χ4n) is 0.670. The maximum absolute atomic E-state index is 12.5. The third-order valence-electron chi connectivity index (χ3n) is 1.17. The van der Waals surface area contributed by atoms with E-state index in [4.69, 9.17) is 5.73 Å². The van der Waals surface area contributed by atoms with Gasteiger partial charge in [0.2, 0.25) is 5.82 Å². The van der Waals surface area contributed by atoms with Gasteiger partial charge in [-0.05, 0) is 12.1 Å². The third-order valence-corrected chi connectivity index (χ3v) is 1.17. The Morgan fingerprint density at radius 3 is 2.38 bits per heavy atom. The van der Waals surface area contributed by atoms with Crippen LogP contribution in [-0.4, -0.2) is 4.92 Å². The van der Waals surface area contributed by atoms with Crippen molar-refractivity contribution in [2.45, 2.75) is 0 Å². The molecule has 1 rings (SSSR count). The lowest BCUT2D eigenvalue weighted by Gasteiger charge is -1.93. The predicted molar refractivity (Wildman–Crippen MR) is 48.7 cm³/mol. The van der Waals surface area contributed by atoms with E-state index in [1.54, 1.807) is 0 Å². The summed E-state index contributed by atoms with van der Waals surface area (Å²) in [6.07, 6.45) is 0. The zero-order valence-corrected chi connectivity index (χ0v) is 6.87. The van der Waals surface area contributed by atoms with Gasteiger partial charge in [0.05, 0.1) is 4.92 Å². The molecule has 0 aromatic heterocycles. The lowest BCUT2D eigenvalue weighted by atomic mass is 10.3. The van der Waals surface area contributed by atoms with Crippen LogP contribution in [0.15, 0.2) is 31.4 Å². The second-order valence-corrected chi connectivity index (χ2v) is 1.97. The molecule has 13 heavy (non-hydrogen) atoms. The molecule has 1 aromatic rings. The molecule has 0 saturated carbocycles. The van der Waals surface area contributed by atoms with Gasteiger partial charge in [-0.3, -0.25) is 10.1 Å². The normalized spacial score (nSPS) is 8.38. The molecule has 0 spiro atoms. The summed E-state index contributed by atoms with van der Waals surface area (Å²) in [7, 11) is 0. The number of nitro benzene ring substituents is 1. The minimum Gasteiger partial charge on any atom is -0.399 e. The number of nitro groups is 1. The van der Waals surface area contributed by atoms with Crippen LogP contribution in [0.25, 0.3) is 0 Å². The maximum atomic E-state index is 12.5. The Kier molecular flexibility index (Phi) is 4.15. The average molecular weight is 184 g/mol. The van der Waals surface area contributed by atoms with Crippen LogP contribution in [0.3, 0.4) is 0 Å². The quantitative estimate of drug-likeness (QED) is 0.314. The highest BCUT2D eigenvalue weighted by atomic mass is 19.1. The molecule has 0 aliphatic rings. The van der Waals surface area contributed by atoms with Crippen molar-refractivity contribution >= 4 is 11.4 Å². The third kappa shape index (κ3) is 2.90. The molecule has 0 radical (unpaired) electrons. The molecule has 4 nitrogen and oxygen atoms in total. The number of nitrogen functional groups attached to an aromatic ring is 1. The van der Waals surface area contributed by atoms with E-state index in [2.05, 4.69) is 13.2 Å². The molecule has 5 heteroatoms. The molecule has 2 N–H and O–H groups in total. The minimum atomic E-state index is -0.871. The van der Waals surface area contributed by atoms with Crippen LogP contribution in [-0.2, 0) is 0 Å². The molecule has 1 aromatic carbocycles. The first-order valence-electron chi connectivity index (χ1n) is 3.30. The summed E-state index contributed by atoms with van der Waals surface area (Å²) in [5.74, 6) is -0.871. The van der Waals surface area contributed by atoms with E-state index in [9.17, 15) is 14.5 Å². The number of halogens is 1. The van der Waals surface area contributed by atoms with Crippen LogP contribution in [0.1, 0.15) is 0 Å². The lowest BCUT2D eigenvalue weighted by molar-refractivity contribution is -0.387. The molecule has 0 fully saturated rings. The zero-order chi connectivity index (χ0) is 10.4. The molecular weight excluding hydrogens is 175 g/mol. The second-order valence-electron chi connectivity index (χ2n) is 1.97. The summed E-state index contributed by atoms with van der Waals surface area (Å²) in [6.45, 7) is 6.00. The maximum Gasteiger partial charge on any atom is 0.306 e. The molecule has 0 saturated heterocycles. The Labute approximate surface area is 74.6 Å². The number of benzene rings is 1. The average Bonchev–Trinajstić information content (AvgIpc) is 2.12. The first-order valence-corrected chi connectivity index (χ1v) is 3.30. The Bertz CT molecular complexity index is 315. The number of hydrogen-bond acceptors (Lipinski definition) is 3. The van der Waals surface area contributed by atoms with Crippen molar-refractivity contribution in [2.75, 3.05) is 5.73 Å². The van der Waals surface area contributed by atoms with E-state index in [0.29, 0.717) is 0 Å². The van der Waals surface area contributed by atoms with E-state index in [1.807, 2.05) is 0 Å². The van der Waals surface area contributed by atoms with Crippen molar-refractivity contribution in [1.82, 2.24) is 0 Å². The highest BCUT2D eigenvalue weighted by Crippen LogP contribution is 2.18. The van der Waals surface area contributed by atoms with E-state index in [-0.39, 0.29) is 5.69 Å². The van der Waals surface area contributed by atoms with Gasteiger partial charge in [-0.1, -0.05) is 0 Å². The first-order chi connectivity index (χ1) is 6.11.